The third-order valence-electron chi connectivity index (χ3n) is 3.13. The van der Waals surface area contributed by atoms with Gasteiger partial charge < -0.3 is 10.3 Å². The number of rotatable bonds is 6. The summed E-state index contributed by atoms with van der Waals surface area (Å²) >= 11 is 0. The molecule has 21 heavy (non-hydrogen) atoms. The Labute approximate surface area is 122 Å². The molecule has 0 aliphatic rings. The molecule has 0 aliphatic heterocycles. The molecule has 1 aromatic heterocycles. The first kappa shape index (κ1) is 14.7. The molecule has 7 nitrogen and oxygen atoms in total. The normalized spacial score (nSPS) is 10.2. The van der Waals surface area contributed by atoms with Crippen LogP contribution in [-0.4, -0.2) is 23.5 Å². The number of aromatic nitrogens is 1. The smallest absolute Gasteiger partial charge is 0.276 e. The molecule has 0 saturated carbocycles. The third kappa shape index (κ3) is 3.90. The van der Waals surface area contributed by atoms with E-state index in [1.54, 1.807) is 0 Å². The van der Waals surface area contributed by atoms with Gasteiger partial charge in [0.15, 0.2) is 0 Å². The van der Waals surface area contributed by atoms with E-state index in [2.05, 4.69) is 10.4 Å². The molecule has 0 amide bonds. The second kappa shape index (κ2) is 6.67. The summed E-state index contributed by atoms with van der Waals surface area (Å²) in [4.78, 5) is 16.5. The number of nitrogens with zero attached hydrogens (tertiary/aromatic N) is 3. The Morgan fingerprint density at radius 1 is 1.33 bits per heavy atom. The van der Waals surface area contributed by atoms with E-state index in [0.717, 1.165) is 6.42 Å². The van der Waals surface area contributed by atoms with Crippen molar-refractivity contribution >= 4 is 17.3 Å². The van der Waals surface area contributed by atoms with Gasteiger partial charge in [0.05, 0.1) is 17.1 Å². The molecule has 2 rings (SSSR count). The van der Waals surface area contributed by atoms with Crippen LogP contribution in [0.25, 0.3) is 0 Å². The highest BCUT2D eigenvalue weighted by molar-refractivity contribution is 5.55. The Hall–Kier alpha value is -2.67. The van der Waals surface area contributed by atoms with Gasteiger partial charge in [-0.2, -0.15) is 0 Å². The number of likely N-dealkylation sites (N-methyl/N-ethyl adjacent to an activating group) is 1. The lowest BCUT2D eigenvalue weighted by Crippen LogP contribution is -2.22. The van der Waals surface area contributed by atoms with Crippen LogP contribution in [0, 0.1) is 10.1 Å². The van der Waals surface area contributed by atoms with Crippen molar-refractivity contribution in [2.75, 3.05) is 23.9 Å². The molecular formula is C14H17N5O2. The summed E-state index contributed by atoms with van der Waals surface area (Å²) in [6, 6.07) is 12.8. The molecule has 0 spiro atoms. The summed E-state index contributed by atoms with van der Waals surface area (Å²) in [5.74, 6) is 6.08. The molecule has 0 aliphatic carbocycles. The summed E-state index contributed by atoms with van der Waals surface area (Å²) in [5, 5.41) is 10.9. The van der Waals surface area contributed by atoms with Crippen molar-refractivity contribution in [1.29, 1.82) is 0 Å². The number of anilines is 2. The minimum atomic E-state index is -0.461. The van der Waals surface area contributed by atoms with E-state index in [9.17, 15) is 10.1 Å². The Kier molecular flexibility index (Phi) is 4.68. The number of nitro groups is 1. The van der Waals surface area contributed by atoms with Crippen molar-refractivity contribution in [3.63, 3.8) is 0 Å². The highest BCUT2D eigenvalue weighted by Gasteiger charge is 2.13. The third-order valence-corrected chi connectivity index (χ3v) is 3.13. The zero-order valence-electron chi connectivity index (χ0n) is 11.7. The second-order valence-electron chi connectivity index (χ2n) is 4.63. The van der Waals surface area contributed by atoms with Crippen LogP contribution in [0.3, 0.4) is 0 Å². The molecule has 1 aromatic carbocycles. The summed E-state index contributed by atoms with van der Waals surface area (Å²) in [6.07, 6.45) is 0.826. The number of pyridine rings is 1. The fourth-order valence-electron chi connectivity index (χ4n) is 1.93. The van der Waals surface area contributed by atoms with Gasteiger partial charge in [0, 0.05) is 13.6 Å². The number of nitrogens with one attached hydrogen (secondary N) is 1. The van der Waals surface area contributed by atoms with E-state index in [1.807, 2.05) is 42.3 Å². The standard InChI is InChI=1S/C14H17N5O2/c1-18(8-7-11-5-3-2-4-6-11)14-10-12(19(20)21)9-13(16-14)17-15/h2-6,9-10H,7-8,15H2,1H3,(H,16,17). The van der Waals surface area contributed by atoms with Gasteiger partial charge in [-0.05, 0) is 12.0 Å². The van der Waals surface area contributed by atoms with E-state index >= 15 is 0 Å². The van der Waals surface area contributed by atoms with Gasteiger partial charge in [-0.15, -0.1) is 0 Å². The van der Waals surface area contributed by atoms with Crippen LogP contribution in [0.1, 0.15) is 5.56 Å². The predicted octanol–water partition coefficient (Wildman–Crippen LogP) is 1.95. The predicted molar refractivity (Wildman–Crippen MR) is 82.1 cm³/mol. The van der Waals surface area contributed by atoms with Gasteiger partial charge in [-0.1, -0.05) is 30.3 Å². The van der Waals surface area contributed by atoms with Gasteiger partial charge in [0.1, 0.15) is 11.6 Å². The van der Waals surface area contributed by atoms with Gasteiger partial charge in [-0.3, -0.25) is 10.1 Å². The average molecular weight is 287 g/mol. The molecule has 0 radical (unpaired) electrons. The number of hydrazine groups is 1. The topological polar surface area (TPSA) is 97.3 Å². The second-order valence-corrected chi connectivity index (χ2v) is 4.63. The van der Waals surface area contributed by atoms with Crippen molar-refractivity contribution in [3.8, 4) is 0 Å². The maximum atomic E-state index is 10.9. The Morgan fingerprint density at radius 2 is 2.05 bits per heavy atom. The van der Waals surface area contributed by atoms with Gasteiger partial charge in [0.25, 0.3) is 5.69 Å². The molecule has 0 fully saturated rings. The van der Waals surface area contributed by atoms with Gasteiger partial charge in [0.2, 0.25) is 0 Å². The first-order chi connectivity index (χ1) is 10.1. The minimum Gasteiger partial charge on any atom is -0.359 e. The lowest BCUT2D eigenvalue weighted by molar-refractivity contribution is -0.384. The number of hydrogen-bond donors (Lipinski definition) is 2. The van der Waals surface area contributed by atoms with E-state index in [0.29, 0.717) is 12.4 Å². The summed E-state index contributed by atoms with van der Waals surface area (Å²) in [6.45, 7) is 0.697. The lowest BCUT2D eigenvalue weighted by atomic mass is 10.1. The number of hydrogen-bond acceptors (Lipinski definition) is 6. The molecule has 110 valence electrons. The molecule has 1 heterocycles. The zero-order chi connectivity index (χ0) is 15.2. The highest BCUT2D eigenvalue weighted by Crippen LogP contribution is 2.22. The average Bonchev–Trinajstić information content (AvgIpc) is 2.53. The van der Waals surface area contributed by atoms with Crippen LogP contribution in [0.2, 0.25) is 0 Å². The van der Waals surface area contributed by atoms with Crippen molar-refractivity contribution in [1.82, 2.24) is 4.98 Å². The van der Waals surface area contributed by atoms with Crippen LogP contribution in [0.5, 0.6) is 0 Å². The maximum absolute atomic E-state index is 10.9. The SMILES string of the molecule is CN(CCc1ccccc1)c1cc([N+](=O)[O-])cc(NN)n1. The largest absolute Gasteiger partial charge is 0.359 e. The van der Waals surface area contributed by atoms with Crippen LogP contribution in [0.15, 0.2) is 42.5 Å². The first-order valence-corrected chi connectivity index (χ1v) is 6.48. The van der Waals surface area contributed by atoms with Crippen LogP contribution in [0.4, 0.5) is 17.3 Å². The Bertz CT molecular complexity index is 618. The molecule has 2 aromatic rings. The maximum Gasteiger partial charge on any atom is 0.276 e. The molecule has 0 atom stereocenters. The quantitative estimate of drug-likeness (QED) is 0.479. The first-order valence-electron chi connectivity index (χ1n) is 6.48. The number of benzene rings is 1. The monoisotopic (exact) mass is 287 g/mol. The fourth-order valence-corrected chi connectivity index (χ4v) is 1.93. The lowest BCUT2D eigenvalue weighted by Gasteiger charge is -2.18. The van der Waals surface area contributed by atoms with Crippen LogP contribution >= 0.6 is 0 Å². The molecule has 0 unspecified atom stereocenters. The van der Waals surface area contributed by atoms with E-state index in [1.165, 1.54) is 17.7 Å². The zero-order valence-corrected chi connectivity index (χ0v) is 11.7. The van der Waals surface area contributed by atoms with E-state index < -0.39 is 4.92 Å². The van der Waals surface area contributed by atoms with Crippen LogP contribution in [-0.2, 0) is 6.42 Å². The summed E-state index contributed by atoms with van der Waals surface area (Å²) in [7, 11) is 1.84. The van der Waals surface area contributed by atoms with Gasteiger partial charge in [-0.25, -0.2) is 10.8 Å². The van der Waals surface area contributed by atoms with E-state index in [-0.39, 0.29) is 11.5 Å². The summed E-state index contributed by atoms with van der Waals surface area (Å²) in [5.41, 5.74) is 3.51. The fraction of sp³-hybridized carbons (Fsp3) is 0.214. The van der Waals surface area contributed by atoms with E-state index in [4.69, 9.17) is 5.84 Å². The molecule has 0 saturated heterocycles. The van der Waals surface area contributed by atoms with Gasteiger partial charge >= 0.3 is 0 Å². The minimum absolute atomic E-state index is 0.0421. The number of nitrogen functional groups attached to an aromatic ring is 1. The van der Waals surface area contributed by atoms with Crippen molar-refractivity contribution < 1.29 is 4.92 Å². The number of nitrogens with two attached hydrogens (primary N) is 1. The molecule has 0 bridgehead atoms. The summed E-state index contributed by atoms with van der Waals surface area (Å²) < 4.78 is 0. The molecular weight excluding hydrogens is 270 g/mol. The van der Waals surface area contributed by atoms with Crippen molar-refractivity contribution in [2.45, 2.75) is 6.42 Å². The van der Waals surface area contributed by atoms with Crippen molar-refractivity contribution in [3.05, 3.63) is 58.1 Å². The Morgan fingerprint density at radius 3 is 2.67 bits per heavy atom. The molecule has 7 heteroatoms. The molecule has 3 N–H and O–H groups in total. The highest BCUT2D eigenvalue weighted by atomic mass is 16.6. The van der Waals surface area contributed by atoms with Crippen LogP contribution < -0.4 is 16.2 Å². The Balaban J connectivity index is 2.12. The van der Waals surface area contributed by atoms with Crippen molar-refractivity contribution in [2.24, 2.45) is 5.84 Å².